The van der Waals surface area contributed by atoms with Crippen molar-refractivity contribution in [1.82, 2.24) is 0 Å². The molecule has 22 heavy (non-hydrogen) atoms. The van der Waals surface area contributed by atoms with Gasteiger partial charge in [-0.3, -0.25) is 0 Å². The number of nitrogens with zero attached hydrogens (tertiary/aromatic N) is 2. The standard InChI is InChI=1S/C8H8Cl2N4.C4H4O4/c9-6-2-1-3-7(10)5(6)4-13-14-8(11)12;5-3(6)1-2-4(7)8/h1-4H,(H4,11,12,14);1-2H,(H,5,6)(H,7,8)/b13-4+;2-1-. The molecule has 1 aromatic carbocycles. The number of aliphatic carboxylic acids is 2. The number of halogens is 2. The zero-order valence-corrected chi connectivity index (χ0v) is 12.5. The molecule has 0 unspecified atom stereocenters. The Morgan fingerprint density at radius 3 is 1.86 bits per heavy atom. The van der Waals surface area contributed by atoms with Crippen LogP contribution in [0.1, 0.15) is 5.56 Å². The van der Waals surface area contributed by atoms with Crippen LogP contribution in [0, 0.1) is 0 Å². The molecule has 0 spiro atoms. The summed E-state index contributed by atoms with van der Waals surface area (Å²) in [6, 6.07) is 5.14. The van der Waals surface area contributed by atoms with Crippen LogP contribution in [0.5, 0.6) is 0 Å². The highest BCUT2D eigenvalue weighted by Crippen LogP contribution is 2.22. The summed E-state index contributed by atoms with van der Waals surface area (Å²) in [5.41, 5.74) is 10.7. The van der Waals surface area contributed by atoms with Crippen molar-refractivity contribution in [2.75, 3.05) is 0 Å². The van der Waals surface area contributed by atoms with Gasteiger partial charge in [-0.25, -0.2) is 9.59 Å². The highest BCUT2D eigenvalue weighted by atomic mass is 35.5. The third kappa shape index (κ3) is 9.34. The largest absolute Gasteiger partial charge is 0.478 e. The molecule has 0 aromatic heterocycles. The third-order valence-corrected chi connectivity index (χ3v) is 2.39. The fraction of sp³-hybridized carbons (Fsp3) is 0. The van der Waals surface area contributed by atoms with Gasteiger partial charge in [-0.05, 0) is 12.1 Å². The molecule has 0 heterocycles. The van der Waals surface area contributed by atoms with Gasteiger partial charge in [0.1, 0.15) is 0 Å². The molecule has 8 nitrogen and oxygen atoms in total. The second-order valence-corrected chi connectivity index (χ2v) is 4.23. The molecular formula is C12H12Cl2N4O4. The number of rotatable bonds is 4. The maximum absolute atomic E-state index is 9.55. The molecule has 0 bridgehead atoms. The average molecular weight is 347 g/mol. The zero-order valence-electron chi connectivity index (χ0n) is 11.0. The number of carboxylic acid groups (broad SMARTS) is 2. The lowest BCUT2D eigenvalue weighted by Gasteiger charge is -1.98. The first kappa shape index (κ1) is 19.4. The van der Waals surface area contributed by atoms with Crippen molar-refractivity contribution in [1.29, 1.82) is 0 Å². The molecule has 1 aromatic rings. The minimum absolute atomic E-state index is 0.121. The summed E-state index contributed by atoms with van der Waals surface area (Å²) in [5, 5.41) is 23.6. The molecule has 0 radical (unpaired) electrons. The Kier molecular flexibility index (Phi) is 9.00. The maximum atomic E-state index is 9.55. The normalized spacial score (nSPS) is 10.1. The van der Waals surface area contributed by atoms with Crippen molar-refractivity contribution in [3.63, 3.8) is 0 Å². The van der Waals surface area contributed by atoms with E-state index in [2.05, 4.69) is 10.2 Å². The summed E-state index contributed by atoms with van der Waals surface area (Å²) in [6.07, 6.45) is 2.51. The van der Waals surface area contributed by atoms with Crippen LogP contribution in [0.4, 0.5) is 0 Å². The third-order valence-electron chi connectivity index (χ3n) is 1.73. The molecule has 0 aliphatic heterocycles. The fourth-order valence-corrected chi connectivity index (χ4v) is 1.42. The Morgan fingerprint density at radius 2 is 1.50 bits per heavy atom. The Balaban J connectivity index is 0.000000472. The quantitative estimate of drug-likeness (QED) is 0.279. The summed E-state index contributed by atoms with van der Waals surface area (Å²) >= 11 is 11.7. The molecule has 0 fully saturated rings. The summed E-state index contributed by atoms with van der Waals surface area (Å²) < 4.78 is 0. The van der Waals surface area contributed by atoms with Gasteiger partial charge >= 0.3 is 11.9 Å². The second-order valence-electron chi connectivity index (χ2n) is 3.41. The van der Waals surface area contributed by atoms with Crippen molar-refractivity contribution in [2.24, 2.45) is 21.7 Å². The van der Waals surface area contributed by atoms with E-state index in [0.717, 1.165) is 0 Å². The van der Waals surface area contributed by atoms with Crippen LogP contribution in [0.3, 0.4) is 0 Å². The maximum Gasteiger partial charge on any atom is 0.328 e. The van der Waals surface area contributed by atoms with E-state index in [4.69, 9.17) is 44.9 Å². The number of benzene rings is 1. The van der Waals surface area contributed by atoms with Crippen LogP contribution < -0.4 is 11.5 Å². The van der Waals surface area contributed by atoms with Crippen LogP contribution in [-0.4, -0.2) is 34.3 Å². The van der Waals surface area contributed by atoms with Gasteiger partial charge < -0.3 is 21.7 Å². The van der Waals surface area contributed by atoms with Crippen molar-refractivity contribution >= 4 is 47.3 Å². The number of carboxylic acids is 2. The number of guanidine groups is 1. The van der Waals surface area contributed by atoms with Crippen molar-refractivity contribution < 1.29 is 19.8 Å². The summed E-state index contributed by atoms with van der Waals surface area (Å²) in [5.74, 6) is -2.63. The fourth-order valence-electron chi connectivity index (χ4n) is 0.930. The van der Waals surface area contributed by atoms with Crippen LogP contribution in [0.15, 0.2) is 40.6 Å². The molecule has 0 saturated carbocycles. The van der Waals surface area contributed by atoms with Crippen molar-refractivity contribution in [3.8, 4) is 0 Å². The smallest absolute Gasteiger partial charge is 0.328 e. The van der Waals surface area contributed by atoms with Gasteiger partial charge in [0.25, 0.3) is 0 Å². The van der Waals surface area contributed by atoms with Gasteiger partial charge in [-0.15, -0.1) is 5.10 Å². The van der Waals surface area contributed by atoms with E-state index in [0.29, 0.717) is 27.8 Å². The molecular weight excluding hydrogens is 335 g/mol. The van der Waals surface area contributed by atoms with Crippen LogP contribution in [0.2, 0.25) is 10.0 Å². The minimum atomic E-state index is -1.26. The molecule has 0 aliphatic rings. The predicted molar refractivity (Wildman–Crippen MR) is 84.3 cm³/mol. The monoisotopic (exact) mass is 346 g/mol. The van der Waals surface area contributed by atoms with E-state index in [1.807, 2.05) is 0 Å². The first-order valence-electron chi connectivity index (χ1n) is 5.44. The number of nitrogens with two attached hydrogens (primary N) is 2. The number of hydrogen-bond acceptors (Lipinski definition) is 4. The Morgan fingerprint density at radius 1 is 1.05 bits per heavy atom. The molecule has 0 aliphatic carbocycles. The molecule has 0 atom stereocenters. The first-order chi connectivity index (χ1) is 10.2. The molecule has 10 heteroatoms. The van der Waals surface area contributed by atoms with E-state index in [1.54, 1.807) is 18.2 Å². The SMILES string of the molecule is NC(N)=N/N=C/c1c(Cl)cccc1Cl.O=C(O)/C=C\C(=O)O. The van der Waals surface area contributed by atoms with E-state index < -0.39 is 11.9 Å². The molecule has 118 valence electrons. The van der Waals surface area contributed by atoms with Gasteiger partial charge in [0.15, 0.2) is 0 Å². The Bertz CT molecular complexity index is 589. The number of carbonyl (C=O) groups is 2. The van der Waals surface area contributed by atoms with Crippen LogP contribution in [-0.2, 0) is 9.59 Å². The van der Waals surface area contributed by atoms with E-state index in [1.165, 1.54) is 6.21 Å². The number of hydrogen-bond donors (Lipinski definition) is 4. The molecule has 0 saturated heterocycles. The van der Waals surface area contributed by atoms with Crippen molar-refractivity contribution in [3.05, 3.63) is 46.0 Å². The van der Waals surface area contributed by atoms with Crippen LogP contribution >= 0.6 is 23.2 Å². The molecule has 0 amide bonds. The minimum Gasteiger partial charge on any atom is -0.478 e. The highest BCUT2D eigenvalue weighted by molar-refractivity contribution is 6.38. The Hall–Kier alpha value is -2.58. The topological polar surface area (TPSA) is 151 Å². The summed E-state index contributed by atoms with van der Waals surface area (Å²) in [4.78, 5) is 19.1. The van der Waals surface area contributed by atoms with E-state index in [-0.39, 0.29) is 5.96 Å². The average Bonchev–Trinajstić information content (AvgIpc) is 2.40. The molecule has 1 rings (SSSR count). The predicted octanol–water partition coefficient (Wildman–Crippen LogP) is 1.31. The van der Waals surface area contributed by atoms with Crippen molar-refractivity contribution in [2.45, 2.75) is 0 Å². The molecule has 6 N–H and O–H groups in total. The van der Waals surface area contributed by atoms with Gasteiger partial charge in [-0.2, -0.15) is 5.10 Å². The van der Waals surface area contributed by atoms with E-state index >= 15 is 0 Å². The van der Waals surface area contributed by atoms with Gasteiger partial charge in [0.05, 0.1) is 16.3 Å². The lowest BCUT2D eigenvalue weighted by atomic mass is 10.2. The van der Waals surface area contributed by atoms with Gasteiger partial charge in [0, 0.05) is 17.7 Å². The van der Waals surface area contributed by atoms with Gasteiger partial charge in [-0.1, -0.05) is 29.3 Å². The second kappa shape index (κ2) is 10.2. The first-order valence-corrected chi connectivity index (χ1v) is 6.19. The summed E-state index contributed by atoms with van der Waals surface area (Å²) in [7, 11) is 0. The highest BCUT2D eigenvalue weighted by Gasteiger charge is 2.01. The lowest BCUT2D eigenvalue weighted by molar-refractivity contribution is -0.134. The lowest BCUT2D eigenvalue weighted by Crippen LogP contribution is -2.21. The summed E-state index contributed by atoms with van der Waals surface area (Å²) in [6.45, 7) is 0. The Labute approximate surface area is 135 Å². The van der Waals surface area contributed by atoms with Gasteiger partial charge in [0.2, 0.25) is 5.96 Å². The van der Waals surface area contributed by atoms with Crippen LogP contribution in [0.25, 0.3) is 0 Å². The zero-order chi connectivity index (χ0) is 17.1. The van der Waals surface area contributed by atoms with E-state index in [9.17, 15) is 9.59 Å².